The molecule has 0 N–H and O–H groups in total. The molecular weight excluding hydrogens is 240 g/mol. The van der Waals surface area contributed by atoms with E-state index >= 15 is 0 Å². The van der Waals surface area contributed by atoms with Crippen LogP contribution in [0.1, 0.15) is 41.0 Å². The maximum atomic E-state index is 3.77. The fraction of sp³-hybridized carbons (Fsp3) is 0.250. The smallest absolute Gasteiger partial charge is 0.0207 e. The molecule has 2 radical (unpaired) electrons. The average Bonchev–Trinajstić information content (AvgIpc) is 2.54. The van der Waals surface area contributed by atoms with Gasteiger partial charge in [0, 0.05) is 6.42 Å². The van der Waals surface area contributed by atoms with Gasteiger partial charge in [0.1, 0.15) is 0 Å². The van der Waals surface area contributed by atoms with Gasteiger partial charge in [-0.1, -0.05) is 60.7 Å². The van der Waals surface area contributed by atoms with Gasteiger partial charge in [-0.15, -0.1) is 0 Å². The van der Waals surface area contributed by atoms with E-state index in [0.29, 0.717) is 11.8 Å². The summed E-state index contributed by atoms with van der Waals surface area (Å²) >= 11 is 0. The summed E-state index contributed by atoms with van der Waals surface area (Å²) in [5, 5.41) is 0. The number of aryl methyl sites for hydroxylation is 1. The standard InChI is InChI=1S/C20H18/c1-2-8-17-14-18(13-12-15(17)6-1)20-11-5-9-16-7-3-4-10-19(16)20/h1-10,18,20H,11-13H2. The van der Waals surface area contributed by atoms with Crippen LogP contribution in [-0.4, -0.2) is 0 Å². The fourth-order valence-corrected chi connectivity index (χ4v) is 3.61. The summed E-state index contributed by atoms with van der Waals surface area (Å²) < 4.78 is 0. The van der Waals surface area contributed by atoms with E-state index in [0.717, 1.165) is 6.42 Å². The molecule has 0 fully saturated rings. The first-order valence-corrected chi connectivity index (χ1v) is 7.52. The van der Waals surface area contributed by atoms with Crippen LogP contribution in [0.15, 0.2) is 54.6 Å². The lowest BCUT2D eigenvalue weighted by atomic mass is 9.71. The predicted octanol–water partition coefficient (Wildman–Crippen LogP) is 4.88. The van der Waals surface area contributed by atoms with Gasteiger partial charge >= 0.3 is 0 Å². The van der Waals surface area contributed by atoms with Crippen LogP contribution in [0.2, 0.25) is 0 Å². The highest BCUT2D eigenvalue weighted by atomic mass is 14.3. The average molecular weight is 258 g/mol. The molecule has 0 amide bonds. The second-order valence-corrected chi connectivity index (χ2v) is 5.82. The van der Waals surface area contributed by atoms with Crippen molar-refractivity contribution in [1.29, 1.82) is 0 Å². The van der Waals surface area contributed by atoms with Crippen molar-refractivity contribution < 1.29 is 0 Å². The van der Waals surface area contributed by atoms with Crippen LogP contribution in [0.25, 0.3) is 6.08 Å². The minimum Gasteiger partial charge on any atom is -0.0833 e. The van der Waals surface area contributed by atoms with Gasteiger partial charge in [-0.2, -0.15) is 0 Å². The topological polar surface area (TPSA) is 0 Å². The molecule has 2 atom stereocenters. The van der Waals surface area contributed by atoms with Gasteiger partial charge in [-0.25, -0.2) is 0 Å². The second kappa shape index (κ2) is 4.94. The Morgan fingerprint density at radius 2 is 1.80 bits per heavy atom. The van der Waals surface area contributed by atoms with Crippen molar-refractivity contribution in [1.82, 2.24) is 0 Å². The van der Waals surface area contributed by atoms with Gasteiger partial charge in [0.25, 0.3) is 0 Å². The highest BCUT2D eigenvalue weighted by Gasteiger charge is 2.29. The molecule has 0 aromatic heterocycles. The van der Waals surface area contributed by atoms with E-state index in [1.165, 1.54) is 35.1 Å². The Morgan fingerprint density at radius 1 is 0.950 bits per heavy atom. The van der Waals surface area contributed by atoms with Crippen LogP contribution in [-0.2, 0) is 6.42 Å². The zero-order valence-electron chi connectivity index (χ0n) is 11.5. The van der Waals surface area contributed by atoms with E-state index in [1.54, 1.807) is 0 Å². The first kappa shape index (κ1) is 12.0. The molecule has 98 valence electrons. The Labute approximate surface area is 121 Å². The van der Waals surface area contributed by atoms with Gasteiger partial charge in [-0.05, 0) is 53.4 Å². The molecule has 0 heteroatoms. The molecule has 2 unspecified atom stereocenters. The summed E-state index contributed by atoms with van der Waals surface area (Å²) in [6, 6.07) is 17.6. The molecule has 0 saturated carbocycles. The Hall–Kier alpha value is -1.82. The lowest BCUT2D eigenvalue weighted by Crippen LogP contribution is -2.21. The van der Waals surface area contributed by atoms with E-state index < -0.39 is 0 Å². The van der Waals surface area contributed by atoms with Crippen LogP contribution in [0, 0.1) is 12.3 Å². The van der Waals surface area contributed by atoms with E-state index in [4.69, 9.17) is 0 Å². The molecule has 0 spiro atoms. The monoisotopic (exact) mass is 258 g/mol. The number of hydrogen-bond donors (Lipinski definition) is 0. The van der Waals surface area contributed by atoms with Gasteiger partial charge in [0.05, 0.1) is 0 Å². The van der Waals surface area contributed by atoms with Crippen LogP contribution in [0.3, 0.4) is 0 Å². The van der Waals surface area contributed by atoms with Gasteiger partial charge in [0.2, 0.25) is 0 Å². The van der Waals surface area contributed by atoms with Crippen molar-refractivity contribution in [2.24, 2.45) is 5.92 Å². The molecule has 2 aliphatic rings. The molecule has 4 rings (SSSR count). The SMILES string of the molecule is [C]1c2ccccc2CCC1C1CC=Cc2ccccc21. The Morgan fingerprint density at radius 3 is 2.80 bits per heavy atom. The second-order valence-electron chi connectivity index (χ2n) is 5.82. The van der Waals surface area contributed by atoms with E-state index in [1.807, 2.05) is 0 Å². The van der Waals surface area contributed by atoms with Crippen LogP contribution in [0.4, 0.5) is 0 Å². The van der Waals surface area contributed by atoms with E-state index in [-0.39, 0.29) is 0 Å². The summed E-state index contributed by atoms with van der Waals surface area (Å²) in [5.74, 6) is 1.15. The molecular formula is C20H18. The maximum absolute atomic E-state index is 3.77. The largest absolute Gasteiger partial charge is 0.0833 e. The highest BCUT2D eigenvalue weighted by Crippen LogP contribution is 2.42. The Balaban J connectivity index is 1.66. The van der Waals surface area contributed by atoms with Gasteiger partial charge in [-0.3, -0.25) is 0 Å². The first-order valence-electron chi connectivity index (χ1n) is 7.52. The van der Waals surface area contributed by atoms with Crippen molar-refractivity contribution in [3.8, 4) is 0 Å². The number of fused-ring (bicyclic) bond motifs is 2. The van der Waals surface area contributed by atoms with Crippen molar-refractivity contribution in [3.63, 3.8) is 0 Å². The molecule has 0 aliphatic heterocycles. The van der Waals surface area contributed by atoms with Crippen molar-refractivity contribution in [3.05, 3.63) is 83.3 Å². The molecule has 20 heavy (non-hydrogen) atoms. The zero-order valence-corrected chi connectivity index (χ0v) is 11.5. The maximum Gasteiger partial charge on any atom is 0.0207 e. The van der Waals surface area contributed by atoms with E-state index in [2.05, 4.69) is 67.1 Å². The van der Waals surface area contributed by atoms with Crippen LogP contribution >= 0.6 is 0 Å². The molecule has 0 saturated heterocycles. The normalized spacial score (nSPS) is 24.0. The summed E-state index contributed by atoms with van der Waals surface area (Å²) in [7, 11) is 0. The number of allylic oxidation sites excluding steroid dienone is 1. The third-order valence-electron chi connectivity index (χ3n) is 4.65. The number of rotatable bonds is 1. The fourth-order valence-electron chi connectivity index (χ4n) is 3.61. The predicted molar refractivity (Wildman–Crippen MR) is 83.4 cm³/mol. The van der Waals surface area contributed by atoms with Gasteiger partial charge < -0.3 is 0 Å². The minimum absolute atomic E-state index is 0.552. The zero-order chi connectivity index (χ0) is 13.4. The summed E-state index contributed by atoms with van der Waals surface area (Å²) in [5.41, 5.74) is 5.69. The van der Waals surface area contributed by atoms with Crippen LogP contribution < -0.4 is 0 Å². The van der Waals surface area contributed by atoms with Crippen molar-refractivity contribution in [2.75, 3.05) is 0 Å². The first-order chi connectivity index (χ1) is 9.92. The Kier molecular flexibility index (Phi) is 2.95. The number of hydrogen-bond acceptors (Lipinski definition) is 0. The summed E-state index contributed by atoms with van der Waals surface area (Å²) in [6.45, 7) is 0. The molecule has 0 bridgehead atoms. The third kappa shape index (κ3) is 2.00. The van der Waals surface area contributed by atoms with Crippen molar-refractivity contribution in [2.45, 2.75) is 25.2 Å². The van der Waals surface area contributed by atoms with E-state index in [9.17, 15) is 0 Å². The molecule has 2 aromatic rings. The quantitative estimate of drug-likeness (QED) is 0.684. The Bertz CT molecular complexity index is 651. The number of benzene rings is 2. The van der Waals surface area contributed by atoms with Crippen molar-refractivity contribution >= 4 is 6.08 Å². The molecule has 2 aromatic carbocycles. The lowest BCUT2D eigenvalue weighted by molar-refractivity contribution is 0.438. The molecule has 2 aliphatic carbocycles. The third-order valence-corrected chi connectivity index (χ3v) is 4.65. The van der Waals surface area contributed by atoms with Crippen LogP contribution in [0.5, 0.6) is 0 Å². The van der Waals surface area contributed by atoms with Gasteiger partial charge in [0.15, 0.2) is 0 Å². The molecule has 0 heterocycles. The highest BCUT2D eigenvalue weighted by molar-refractivity contribution is 5.58. The minimum atomic E-state index is 0.552. The lowest BCUT2D eigenvalue weighted by Gasteiger charge is -2.33. The molecule has 0 nitrogen and oxygen atoms in total. The summed E-state index contributed by atoms with van der Waals surface area (Å²) in [4.78, 5) is 0. The summed E-state index contributed by atoms with van der Waals surface area (Å²) in [6.07, 6.45) is 11.9.